The summed E-state index contributed by atoms with van der Waals surface area (Å²) in [5.41, 5.74) is 0.518. The van der Waals surface area contributed by atoms with E-state index >= 15 is 0 Å². The molecule has 114 valence electrons. The highest BCUT2D eigenvalue weighted by atomic mass is 19.1. The molecule has 0 saturated heterocycles. The van der Waals surface area contributed by atoms with E-state index < -0.39 is 12.1 Å². The molecule has 0 aliphatic rings. The van der Waals surface area contributed by atoms with Gasteiger partial charge in [-0.15, -0.1) is 0 Å². The van der Waals surface area contributed by atoms with Crippen molar-refractivity contribution in [3.05, 3.63) is 48.3 Å². The third-order valence-corrected chi connectivity index (χ3v) is 2.91. The van der Waals surface area contributed by atoms with Crippen LogP contribution in [0.1, 0.15) is 25.0 Å². The van der Waals surface area contributed by atoms with E-state index in [1.54, 1.807) is 6.92 Å². The monoisotopic (exact) mass is 294 g/mol. The molecule has 0 heterocycles. The van der Waals surface area contributed by atoms with Gasteiger partial charge < -0.3 is 15.7 Å². The molecule has 0 saturated carbocycles. The number of aliphatic hydroxyl groups is 1. The summed E-state index contributed by atoms with van der Waals surface area (Å²) in [7, 11) is 0. The number of carbonyl (C=O) groups is 2. The number of rotatable bonds is 7. The van der Waals surface area contributed by atoms with Gasteiger partial charge >= 0.3 is 0 Å². The Bertz CT molecular complexity index is 502. The summed E-state index contributed by atoms with van der Waals surface area (Å²) in [4.78, 5) is 22.6. The van der Waals surface area contributed by atoms with Gasteiger partial charge in [0.2, 0.25) is 11.8 Å². The number of halogens is 1. The van der Waals surface area contributed by atoms with Gasteiger partial charge in [-0.1, -0.05) is 18.7 Å². The summed E-state index contributed by atoms with van der Waals surface area (Å²) in [6.07, 6.45) is 0.288. The van der Waals surface area contributed by atoms with E-state index in [1.807, 2.05) is 0 Å². The van der Waals surface area contributed by atoms with Crippen LogP contribution < -0.4 is 10.6 Å². The van der Waals surface area contributed by atoms with Gasteiger partial charge in [-0.3, -0.25) is 9.59 Å². The van der Waals surface area contributed by atoms with E-state index in [1.165, 1.54) is 24.3 Å². The van der Waals surface area contributed by atoms with Crippen LogP contribution in [0.2, 0.25) is 0 Å². The molecule has 1 aromatic rings. The van der Waals surface area contributed by atoms with E-state index in [-0.39, 0.29) is 30.6 Å². The Kier molecular flexibility index (Phi) is 6.55. The van der Waals surface area contributed by atoms with Gasteiger partial charge in [0.1, 0.15) is 5.82 Å². The van der Waals surface area contributed by atoms with Crippen LogP contribution in [-0.2, 0) is 9.59 Å². The molecular formula is C15H19FN2O3. The summed E-state index contributed by atoms with van der Waals surface area (Å²) in [5.74, 6) is -1.03. The second-order valence-electron chi connectivity index (χ2n) is 4.60. The fourth-order valence-electron chi connectivity index (χ4n) is 1.73. The molecule has 5 nitrogen and oxygen atoms in total. The van der Waals surface area contributed by atoms with Crippen molar-refractivity contribution in [3.8, 4) is 0 Å². The molecule has 1 rings (SSSR count). The van der Waals surface area contributed by atoms with Crippen molar-refractivity contribution in [2.75, 3.05) is 6.54 Å². The topological polar surface area (TPSA) is 78.4 Å². The fraction of sp³-hybridized carbons (Fsp3) is 0.333. The lowest BCUT2D eigenvalue weighted by Crippen LogP contribution is -2.38. The molecule has 21 heavy (non-hydrogen) atoms. The molecule has 2 amide bonds. The molecule has 0 aliphatic heterocycles. The highest BCUT2D eigenvalue weighted by molar-refractivity contribution is 5.87. The SMILES string of the molecule is C=CC(=O)NCCC(=O)NC(C)C(O)c1ccc(F)cc1. The zero-order valence-corrected chi connectivity index (χ0v) is 11.8. The smallest absolute Gasteiger partial charge is 0.243 e. The van der Waals surface area contributed by atoms with Crippen LogP contribution in [0.4, 0.5) is 4.39 Å². The van der Waals surface area contributed by atoms with Gasteiger partial charge in [-0.2, -0.15) is 0 Å². The van der Waals surface area contributed by atoms with Gasteiger partial charge in [0, 0.05) is 13.0 Å². The average Bonchev–Trinajstić information content (AvgIpc) is 2.46. The molecule has 0 bridgehead atoms. The second-order valence-corrected chi connectivity index (χ2v) is 4.60. The Balaban J connectivity index is 2.42. The second kappa shape index (κ2) is 8.16. The number of hydrogen-bond donors (Lipinski definition) is 3. The Hall–Kier alpha value is -2.21. The number of aliphatic hydroxyl groups excluding tert-OH is 1. The molecule has 0 spiro atoms. The maximum atomic E-state index is 12.8. The van der Waals surface area contributed by atoms with Gasteiger partial charge in [0.15, 0.2) is 0 Å². The third kappa shape index (κ3) is 5.74. The zero-order chi connectivity index (χ0) is 15.8. The van der Waals surface area contributed by atoms with E-state index in [2.05, 4.69) is 17.2 Å². The minimum absolute atomic E-state index is 0.0973. The first-order valence-electron chi connectivity index (χ1n) is 6.57. The normalized spacial score (nSPS) is 13.1. The van der Waals surface area contributed by atoms with Crippen molar-refractivity contribution in [2.24, 2.45) is 0 Å². The predicted octanol–water partition coefficient (Wildman–Crippen LogP) is 1.06. The average molecular weight is 294 g/mol. The highest BCUT2D eigenvalue weighted by Crippen LogP contribution is 2.17. The van der Waals surface area contributed by atoms with Crippen molar-refractivity contribution < 1.29 is 19.1 Å². The lowest BCUT2D eigenvalue weighted by Gasteiger charge is -2.20. The van der Waals surface area contributed by atoms with Crippen LogP contribution >= 0.6 is 0 Å². The lowest BCUT2D eigenvalue weighted by atomic mass is 10.0. The molecule has 3 N–H and O–H groups in total. The van der Waals surface area contributed by atoms with Gasteiger partial charge in [0.05, 0.1) is 12.1 Å². The highest BCUT2D eigenvalue weighted by Gasteiger charge is 2.18. The molecule has 1 aromatic carbocycles. The molecule has 2 unspecified atom stereocenters. The Morgan fingerprint density at radius 2 is 2.00 bits per heavy atom. The van der Waals surface area contributed by atoms with Gasteiger partial charge in [-0.25, -0.2) is 4.39 Å². The van der Waals surface area contributed by atoms with E-state index in [0.717, 1.165) is 6.08 Å². The van der Waals surface area contributed by atoms with Gasteiger partial charge in [-0.05, 0) is 30.7 Å². The Labute approximate surface area is 122 Å². The zero-order valence-electron chi connectivity index (χ0n) is 11.8. The molecule has 0 aliphatic carbocycles. The summed E-state index contributed by atoms with van der Waals surface area (Å²) < 4.78 is 12.8. The summed E-state index contributed by atoms with van der Waals surface area (Å²) >= 11 is 0. The number of hydrogen-bond acceptors (Lipinski definition) is 3. The third-order valence-electron chi connectivity index (χ3n) is 2.91. The molecule has 0 aromatic heterocycles. The maximum Gasteiger partial charge on any atom is 0.243 e. The van der Waals surface area contributed by atoms with Crippen molar-refractivity contribution in [2.45, 2.75) is 25.5 Å². The molecular weight excluding hydrogens is 275 g/mol. The van der Waals surface area contributed by atoms with Crippen LogP contribution in [0.25, 0.3) is 0 Å². The largest absolute Gasteiger partial charge is 0.386 e. The summed E-state index contributed by atoms with van der Waals surface area (Å²) in [6, 6.07) is 4.90. The van der Waals surface area contributed by atoms with Crippen molar-refractivity contribution in [1.29, 1.82) is 0 Å². The summed E-state index contributed by atoms with van der Waals surface area (Å²) in [6.45, 7) is 5.13. The number of nitrogens with one attached hydrogen (secondary N) is 2. The van der Waals surface area contributed by atoms with E-state index in [0.29, 0.717) is 5.56 Å². The Morgan fingerprint density at radius 3 is 2.57 bits per heavy atom. The van der Waals surface area contributed by atoms with Crippen LogP contribution in [0.15, 0.2) is 36.9 Å². The molecule has 0 radical (unpaired) electrons. The van der Waals surface area contributed by atoms with Crippen molar-refractivity contribution in [3.63, 3.8) is 0 Å². The predicted molar refractivity (Wildman–Crippen MR) is 76.8 cm³/mol. The van der Waals surface area contributed by atoms with Crippen molar-refractivity contribution >= 4 is 11.8 Å². The minimum atomic E-state index is -0.933. The first kappa shape index (κ1) is 16.8. The standard InChI is InChI=1S/C15H19FN2O3/c1-3-13(19)17-9-8-14(20)18-10(2)15(21)11-4-6-12(16)7-5-11/h3-7,10,15,21H,1,8-9H2,2H3,(H,17,19)(H,18,20). The van der Waals surface area contributed by atoms with Crippen LogP contribution in [0.3, 0.4) is 0 Å². The number of amides is 2. The quantitative estimate of drug-likeness (QED) is 0.658. The Morgan fingerprint density at radius 1 is 1.38 bits per heavy atom. The van der Waals surface area contributed by atoms with E-state index in [9.17, 15) is 19.1 Å². The lowest BCUT2D eigenvalue weighted by molar-refractivity contribution is -0.122. The van der Waals surface area contributed by atoms with Gasteiger partial charge in [0.25, 0.3) is 0 Å². The molecule has 6 heteroatoms. The number of benzene rings is 1. The number of carbonyl (C=O) groups excluding carboxylic acids is 2. The van der Waals surface area contributed by atoms with E-state index in [4.69, 9.17) is 0 Å². The van der Waals surface area contributed by atoms with Crippen molar-refractivity contribution in [1.82, 2.24) is 10.6 Å². The molecule has 0 fully saturated rings. The fourth-order valence-corrected chi connectivity index (χ4v) is 1.73. The van der Waals surface area contributed by atoms with Crippen LogP contribution in [0, 0.1) is 5.82 Å². The maximum absolute atomic E-state index is 12.8. The first-order chi connectivity index (χ1) is 9.93. The minimum Gasteiger partial charge on any atom is -0.386 e. The van der Waals surface area contributed by atoms with Crippen LogP contribution in [-0.4, -0.2) is 29.5 Å². The first-order valence-corrected chi connectivity index (χ1v) is 6.57. The van der Waals surface area contributed by atoms with Crippen LogP contribution in [0.5, 0.6) is 0 Å². The summed E-state index contributed by atoms with van der Waals surface area (Å²) in [5, 5.41) is 15.2. The molecule has 2 atom stereocenters.